The van der Waals surface area contributed by atoms with E-state index in [9.17, 15) is 0 Å². The molecule has 3 nitrogen and oxygen atoms in total. The Labute approximate surface area is 121 Å². The maximum absolute atomic E-state index is 8.80. The van der Waals surface area contributed by atoms with Gasteiger partial charge in [-0.3, -0.25) is 0 Å². The maximum Gasteiger partial charge on any atom is 0.0991 e. The van der Waals surface area contributed by atoms with Gasteiger partial charge in [0.2, 0.25) is 0 Å². The minimum Gasteiger partial charge on any atom is -0.385 e. The van der Waals surface area contributed by atoms with Crippen LogP contribution in [0.4, 0.5) is 5.69 Å². The van der Waals surface area contributed by atoms with Crippen molar-refractivity contribution in [2.24, 2.45) is 11.3 Å². The predicted octanol–water partition coefficient (Wildman–Crippen LogP) is 3.81. The van der Waals surface area contributed by atoms with Gasteiger partial charge in [-0.15, -0.1) is 0 Å². The molecule has 0 spiro atoms. The lowest BCUT2D eigenvalue weighted by Gasteiger charge is -2.40. The third-order valence-corrected chi connectivity index (χ3v) is 3.88. The van der Waals surface area contributed by atoms with Crippen LogP contribution in [0, 0.1) is 22.7 Å². The summed E-state index contributed by atoms with van der Waals surface area (Å²) in [5, 5.41) is 12.3. The molecule has 20 heavy (non-hydrogen) atoms. The molecule has 0 aliphatic carbocycles. The van der Waals surface area contributed by atoms with Gasteiger partial charge >= 0.3 is 0 Å². The molecular weight excluding hydrogens is 248 g/mol. The summed E-state index contributed by atoms with van der Waals surface area (Å²) in [5.41, 5.74) is 1.95. The van der Waals surface area contributed by atoms with Gasteiger partial charge in [0.15, 0.2) is 0 Å². The Kier molecular flexibility index (Phi) is 4.67. The molecular formula is C17H24N2O. The number of hydrogen-bond donors (Lipinski definition) is 1. The van der Waals surface area contributed by atoms with E-state index < -0.39 is 0 Å². The van der Waals surface area contributed by atoms with E-state index in [2.05, 4.69) is 32.2 Å². The van der Waals surface area contributed by atoms with E-state index in [4.69, 9.17) is 10.00 Å². The van der Waals surface area contributed by atoms with Gasteiger partial charge in [-0.05, 0) is 42.5 Å². The smallest absolute Gasteiger partial charge is 0.0991 e. The van der Waals surface area contributed by atoms with Crippen LogP contribution in [-0.2, 0) is 4.74 Å². The second-order valence-electron chi connectivity index (χ2n) is 6.63. The molecule has 1 aromatic rings. The van der Waals surface area contributed by atoms with Crippen LogP contribution in [0.15, 0.2) is 24.3 Å². The van der Waals surface area contributed by atoms with E-state index in [0.717, 1.165) is 25.3 Å². The summed E-state index contributed by atoms with van der Waals surface area (Å²) in [5.74, 6) is 0.541. The molecule has 1 aromatic carbocycles. The molecule has 3 heteroatoms. The first-order valence-electron chi connectivity index (χ1n) is 7.36. The van der Waals surface area contributed by atoms with E-state index in [1.807, 2.05) is 24.3 Å². The molecule has 0 saturated carbocycles. The highest BCUT2D eigenvalue weighted by atomic mass is 16.5. The standard InChI is InChI=1S/C17H24N2O/c1-17(2,3)16-14(5-4-10-20-16)12-19-15-8-6-13(11-18)7-9-15/h6-9,14,16,19H,4-5,10,12H2,1-3H3. The Morgan fingerprint density at radius 2 is 2.00 bits per heavy atom. The molecule has 1 aliphatic rings. The Hall–Kier alpha value is -1.53. The summed E-state index contributed by atoms with van der Waals surface area (Å²) in [6, 6.07) is 9.77. The van der Waals surface area contributed by atoms with Crippen LogP contribution in [0.5, 0.6) is 0 Å². The summed E-state index contributed by atoms with van der Waals surface area (Å²) in [6.45, 7) is 8.55. The van der Waals surface area contributed by atoms with Crippen LogP contribution in [0.1, 0.15) is 39.2 Å². The highest BCUT2D eigenvalue weighted by molar-refractivity contribution is 5.47. The molecule has 1 saturated heterocycles. The van der Waals surface area contributed by atoms with Crippen LogP contribution >= 0.6 is 0 Å². The molecule has 2 unspecified atom stereocenters. The molecule has 0 radical (unpaired) electrons. The molecule has 0 aromatic heterocycles. The van der Waals surface area contributed by atoms with Gasteiger partial charge in [0.05, 0.1) is 17.7 Å². The lowest BCUT2D eigenvalue weighted by Crippen LogP contribution is -2.42. The highest BCUT2D eigenvalue weighted by Crippen LogP contribution is 2.34. The molecule has 1 heterocycles. The largest absolute Gasteiger partial charge is 0.385 e. The second kappa shape index (κ2) is 6.28. The van der Waals surface area contributed by atoms with Gasteiger partial charge in [0.1, 0.15) is 0 Å². The van der Waals surface area contributed by atoms with Crippen molar-refractivity contribution in [2.75, 3.05) is 18.5 Å². The van der Waals surface area contributed by atoms with Crippen molar-refractivity contribution in [1.82, 2.24) is 0 Å². The number of benzene rings is 1. The Morgan fingerprint density at radius 1 is 1.30 bits per heavy atom. The topological polar surface area (TPSA) is 45.0 Å². The number of rotatable bonds is 3. The van der Waals surface area contributed by atoms with Crippen molar-refractivity contribution in [2.45, 2.75) is 39.7 Å². The first-order valence-corrected chi connectivity index (χ1v) is 7.36. The summed E-state index contributed by atoms with van der Waals surface area (Å²) >= 11 is 0. The normalized spacial score (nSPS) is 23.1. The molecule has 1 aliphatic heterocycles. The molecule has 0 amide bonds. The number of nitrogens with one attached hydrogen (secondary N) is 1. The van der Waals surface area contributed by atoms with Crippen molar-refractivity contribution >= 4 is 5.69 Å². The van der Waals surface area contributed by atoms with Crippen molar-refractivity contribution in [3.8, 4) is 6.07 Å². The van der Waals surface area contributed by atoms with Gasteiger partial charge in [-0.1, -0.05) is 20.8 Å². The van der Waals surface area contributed by atoms with Crippen LogP contribution in [0.25, 0.3) is 0 Å². The van der Waals surface area contributed by atoms with E-state index in [0.29, 0.717) is 17.6 Å². The van der Waals surface area contributed by atoms with E-state index >= 15 is 0 Å². The molecule has 1 N–H and O–H groups in total. The van der Waals surface area contributed by atoms with Gasteiger partial charge in [0, 0.05) is 24.8 Å². The zero-order valence-electron chi connectivity index (χ0n) is 12.6. The zero-order chi connectivity index (χ0) is 14.6. The van der Waals surface area contributed by atoms with Crippen molar-refractivity contribution < 1.29 is 4.74 Å². The minimum atomic E-state index is 0.178. The van der Waals surface area contributed by atoms with Crippen molar-refractivity contribution in [3.63, 3.8) is 0 Å². The Bertz CT molecular complexity index is 467. The van der Waals surface area contributed by atoms with Crippen molar-refractivity contribution in [1.29, 1.82) is 5.26 Å². The van der Waals surface area contributed by atoms with Crippen LogP contribution in [-0.4, -0.2) is 19.3 Å². The summed E-state index contributed by atoms with van der Waals surface area (Å²) in [7, 11) is 0. The molecule has 0 bridgehead atoms. The summed E-state index contributed by atoms with van der Waals surface area (Å²) in [6.07, 6.45) is 2.67. The number of nitriles is 1. The van der Waals surface area contributed by atoms with E-state index in [1.165, 1.54) is 6.42 Å². The first kappa shape index (κ1) is 14.9. The quantitative estimate of drug-likeness (QED) is 0.910. The summed E-state index contributed by atoms with van der Waals surface area (Å²) < 4.78 is 6.00. The molecule has 2 atom stereocenters. The maximum atomic E-state index is 8.80. The fraction of sp³-hybridized carbons (Fsp3) is 0.588. The van der Waals surface area contributed by atoms with Crippen LogP contribution < -0.4 is 5.32 Å². The third-order valence-electron chi connectivity index (χ3n) is 3.88. The highest BCUT2D eigenvalue weighted by Gasteiger charge is 2.35. The SMILES string of the molecule is CC(C)(C)C1OCCCC1CNc1ccc(C#N)cc1. The number of anilines is 1. The Morgan fingerprint density at radius 3 is 2.60 bits per heavy atom. The van der Waals surface area contributed by atoms with E-state index in [1.54, 1.807) is 0 Å². The molecule has 1 fully saturated rings. The zero-order valence-corrected chi connectivity index (χ0v) is 12.6. The fourth-order valence-electron chi connectivity index (χ4n) is 2.92. The van der Waals surface area contributed by atoms with Crippen LogP contribution in [0.2, 0.25) is 0 Å². The number of nitrogens with zero attached hydrogens (tertiary/aromatic N) is 1. The Balaban J connectivity index is 1.95. The first-order chi connectivity index (χ1) is 9.50. The van der Waals surface area contributed by atoms with Gasteiger partial charge in [0.25, 0.3) is 0 Å². The van der Waals surface area contributed by atoms with Crippen molar-refractivity contribution in [3.05, 3.63) is 29.8 Å². The monoisotopic (exact) mass is 272 g/mol. The van der Waals surface area contributed by atoms with Crippen LogP contribution in [0.3, 0.4) is 0 Å². The van der Waals surface area contributed by atoms with Gasteiger partial charge < -0.3 is 10.1 Å². The minimum absolute atomic E-state index is 0.178. The lowest BCUT2D eigenvalue weighted by molar-refractivity contribution is -0.0814. The molecule has 108 valence electrons. The molecule has 2 rings (SSSR count). The lowest BCUT2D eigenvalue weighted by atomic mass is 9.78. The third kappa shape index (κ3) is 3.74. The van der Waals surface area contributed by atoms with Gasteiger partial charge in [-0.2, -0.15) is 5.26 Å². The fourth-order valence-corrected chi connectivity index (χ4v) is 2.92. The predicted molar refractivity (Wildman–Crippen MR) is 81.6 cm³/mol. The second-order valence-corrected chi connectivity index (χ2v) is 6.63. The van der Waals surface area contributed by atoms with Gasteiger partial charge in [-0.25, -0.2) is 0 Å². The summed E-state index contributed by atoms with van der Waals surface area (Å²) in [4.78, 5) is 0. The number of hydrogen-bond acceptors (Lipinski definition) is 3. The average Bonchev–Trinajstić information content (AvgIpc) is 2.45. The van der Waals surface area contributed by atoms with E-state index in [-0.39, 0.29) is 5.41 Å². The number of ether oxygens (including phenoxy) is 1. The average molecular weight is 272 g/mol.